The van der Waals surface area contributed by atoms with Gasteiger partial charge in [-0.05, 0) is 63.6 Å². The standard InChI is InChI=1S/C23H32BrN3O4/c1-23(2,3)31-22(30)25-13-17-5-4-12-26(14-17)21(29)19-10-11-20(28)27(19)15-16-6-8-18(24)9-7-16/h6-9,17,19H,4-5,10-15H2,1-3H3,(H,25,30)/t17-,19-/m0/s1. The van der Waals surface area contributed by atoms with Gasteiger partial charge in [0.15, 0.2) is 0 Å². The van der Waals surface area contributed by atoms with Crippen LogP contribution >= 0.6 is 15.9 Å². The average molecular weight is 494 g/mol. The maximum absolute atomic E-state index is 13.3. The van der Waals surface area contributed by atoms with Crippen LogP contribution in [0.4, 0.5) is 4.79 Å². The number of amides is 3. The molecule has 1 N–H and O–H groups in total. The predicted octanol–water partition coefficient (Wildman–Crippen LogP) is 3.70. The number of nitrogens with zero attached hydrogens (tertiary/aromatic N) is 2. The molecule has 2 fully saturated rings. The summed E-state index contributed by atoms with van der Waals surface area (Å²) >= 11 is 3.42. The normalized spacial score (nSPS) is 21.9. The molecule has 0 spiro atoms. The molecule has 2 aliphatic rings. The number of piperidine rings is 1. The molecule has 0 unspecified atom stereocenters. The Morgan fingerprint density at radius 3 is 2.58 bits per heavy atom. The SMILES string of the molecule is CC(C)(C)OC(=O)NC[C@@H]1CCCN(C(=O)[C@@H]2CCC(=O)N2Cc2ccc(Br)cc2)C1. The minimum atomic E-state index is -0.536. The number of carbonyl (C=O) groups excluding carboxylic acids is 3. The highest BCUT2D eigenvalue weighted by Gasteiger charge is 2.39. The molecule has 7 nitrogen and oxygen atoms in total. The van der Waals surface area contributed by atoms with Gasteiger partial charge in [-0.15, -0.1) is 0 Å². The number of rotatable bonds is 5. The van der Waals surface area contributed by atoms with Crippen LogP contribution in [-0.2, 0) is 20.9 Å². The molecule has 3 rings (SSSR count). The summed E-state index contributed by atoms with van der Waals surface area (Å²) in [4.78, 5) is 41.3. The molecule has 1 aromatic rings. The van der Waals surface area contributed by atoms with Gasteiger partial charge in [-0.2, -0.15) is 0 Å². The van der Waals surface area contributed by atoms with Gasteiger partial charge in [0, 0.05) is 37.1 Å². The highest BCUT2D eigenvalue weighted by Crippen LogP contribution is 2.26. The van der Waals surface area contributed by atoms with E-state index in [2.05, 4.69) is 21.2 Å². The molecular weight excluding hydrogens is 462 g/mol. The lowest BCUT2D eigenvalue weighted by Gasteiger charge is -2.36. The van der Waals surface area contributed by atoms with Crippen molar-refractivity contribution in [3.63, 3.8) is 0 Å². The van der Waals surface area contributed by atoms with Gasteiger partial charge in [0.05, 0.1) is 0 Å². The number of nitrogens with one attached hydrogen (secondary N) is 1. The smallest absolute Gasteiger partial charge is 0.407 e. The molecule has 0 radical (unpaired) electrons. The number of likely N-dealkylation sites (tertiary alicyclic amines) is 2. The monoisotopic (exact) mass is 493 g/mol. The van der Waals surface area contributed by atoms with Crippen molar-refractivity contribution < 1.29 is 19.1 Å². The molecule has 31 heavy (non-hydrogen) atoms. The maximum Gasteiger partial charge on any atom is 0.407 e. The van der Waals surface area contributed by atoms with Crippen molar-refractivity contribution in [2.24, 2.45) is 5.92 Å². The zero-order valence-electron chi connectivity index (χ0n) is 18.5. The molecule has 8 heteroatoms. The molecule has 2 heterocycles. The summed E-state index contributed by atoms with van der Waals surface area (Å²) in [6.07, 6.45) is 2.37. The Bertz CT molecular complexity index is 806. The zero-order valence-corrected chi connectivity index (χ0v) is 20.1. The Balaban J connectivity index is 1.57. The summed E-state index contributed by atoms with van der Waals surface area (Å²) in [6, 6.07) is 7.42. The summed E-state index contributed by atoms with van der Waals surface area (Å²) < 4.78 is 6.28. The quantitative estimate of drug-likeness (QED) is 0.677. The van der Waals surface area contributed by atoms with E-state index >= 15 is 0 Å². The van der Waals surface area contributed by atoms with E-state index in [4.69, 9.17) is 4.74 Å². The number of benzene rings is 1. The Morgan fingerprint density at radius 1 is 1.19 bits per heavy atom. The van der Waals surface area contributed by atoms with E-state index in [1.807, 2.05) is 49.9 Å². The summed E-state index contributed by atoms with van der Waals surface area (Å²) in [5.74, 6) is 0.230. The predicted molar refractivity (Wildman–Crippen MR) is 121 cm³/mol. The molecular formula is C23H32BrN3O4. The molecule has 1 aromatic carbocycles. The van der Waals surface area contributed by atoms with Crippen molar-refractivity contribution in [2.45, 2.75) is 64.6 Å². The van der Waals surface area contributed by atoms with E-state index in [1.54, 1.807) is 4.90 Å². The number of alkyl carbamates (subject to hydrolysis) is 1. The van der Waals surface area contributed by atoms with Gasteiger partial charge in [0.1, 0.15) is 11.6 Å². The van der Waals surface area contributed by atoms with Crippen molar-refractivity contribution in [3.8, 4) is 0 Å². The second kappa shape index (κ2) is 10.0. The van der Waals surface area contributed by atoms with Crippen molar-refractivity contribution >= 4 is 33.8 Å². The minimum absolute atomic E-state index is 0.0185. The molecule has 0 aromatic heterocycles. The van der Waals surface area contributed by atoms with Crippen LogP contribution in [0.25, 0.3) is 0 Å². The van der Waals surface area contributed by atoms with Crippen LogP contribution < -0.4 is 5.32 Å². The van der Waals surface area contributed by atoms with E-state index in [0.717, 1.165) is 22.9 Å². The van der Waals surface area contributed by atoms with E-state index in [9.17, 15) is 14.4 Å². The fourth-order valence-corrected chi connectivity index (χ4v) is 4.42. The van der Waals surface area contributed by atoms with Crippen LogP contribution in [0.3, 0.4) is 0 Å². The van der Waals surface area contributed by atoms with E-state index in [1.165, 1.54) is 0 Å². The van der Waals surface area contributed by atoms with Gasteiger partial charge >= 0.3 is 6.09 Å². The second-order valence-corrected chi connectivity index (χ2v) is 10.3. The van der Waals surface area contributed by atoms with Crippen LogP contribution in [0, 0.1) is 5.92 Å². The molecule has 0 aliphatic carbocycles. The van der Waals surface area contributed by atoms with E-state index in [0.29, 0.717) is 39.0 Å². The van der Waals surface area contributed by atoms with Crippen molar-refractivity contribution in [1.29, 1.82) is 0 Å². The third kappa shape index (κ3) is 6.69. The first-order valence-corrected chi connectivity index (χ1v) is 11.7. The van der Waals surface area contributed by atoms with E-state index < -0.39 is 17.7 Å². The topological polar surface area (TPSA) is 79.0 Å². The van der Waals surface area contributed by atoms with Gasteiger partial charge in [-0.3, -0.25) is 9.59 Å². The van der Waals surface area contributed by atoms with Crippen molar-refractivity contribution in [2.75, 3.05) is 19.6 Å². The Labute approximate surface area is 192 Å². The van der Waals surface area contributed by atoms with Crippen LogP contribution in [0.2, 0.25) is 0 Å². The lowest BCUT2D eigenvalue weighted by atomic mass is 9.97. The molecule has 3 amide bonds. The second-order valence-electron chi connectivity index (χ2n) is 9.38. The molecule has 0 bridgehead atoms. The highest BCUT2D eigenvalue weighted by molar-refractivity contribution is 9.10. The number of hydrogen-bond donors (Lipinski definition) is 1. The van der Waals surface area contributed by atoms with Gasteiger partial charge in [0.2, 0.25) is 11.8 Å². The highest BCUT2D eigenvalue weighted by atomic mass is 79.9. The van der Waals surface area contributed by atoms with Crippen LogP contribution in [0.1, 0.15) is 52.0 Å². The summed E-state index contributed by atoms with van der Waals surface area (Å²) in [5, 5.41) is 2.82. The number of ether oxygens (including phenoxy) is 1. The lowest BCUT2D eigenvalue weighted by molar-refractivity contribution is -0.143. The minimum Gasteiger partial charge on any atom is -0.444 e. The molecule has 0 saturated carbocycles. The van der Waals surface area contributed by atoms with Gasteiger partial charge in [-0.1, -0.05) is 28.1 Å². The van der Waals surface area contributed by atoms with Crippen molar-refractivity contribution in [3.05, 3.63) is 34.3 Å². The zero-order chi connectivity index (χ0) is 22.6. The Hall–Kier alpha value is -2.09. The van der Waals surface area contributed by atoms with Crippen LogP contribution in [0.5, 0.6) is 0 Å². The number of hydrogen-bond acceptors (Lipinski definition) is 4. The maximum atomic E-state index is 13.3. The first kappa shape index (κ1) is 23.6. The summed E-state index contributed by atoms with van der Waals surface area (Å²) in [7, 11) is 0. The van der Waals surface area contributed by atoms with Gasteiger partial charge in [0.25, 0.3) is 0 Å². The summed E-state index contributed by atoms with van der Waals surface area (Å²) in [5.41, 5.74) is 0.473. The Kier molecular flexibility index (Phi) is 7.62. The first-order valence-electron chi connectivity index (χ1n) is 10.9. The third-order valence-corrected chi connectivity index (χ3v) is 6.17. The first-order chi connectivity index (χ1) is 14.6. The number of carbonyl (C=O) groups is 3. The number of halogens is 1. The average Bonchev–Trinajstić information content (AvgIpc) is 3.07. The molecule has 2 saturated heterocycles. The lowest BCUT2D eigenvalue weighted by Crippen LogP contribution is -2.51. The fourth-order valence-electron chi connectivity index (χ4n) is 4.16. The third-order valence-electron chi connectivity index (χ3n) is 5.64. The summed E-state index contributed by atoms with van der Waals surface area (Å²) in [6.45, 7) is 7.69. The van der Waals surface area contributed by atoms with E-state index in [-0.39, 0.29) is 17.7 Å². The molecule has 2 aliphatic heterocycles. The van der Waals surface area contributed by atoms with Gasteiger partial charge in [-0.25, -0.2) is 4.79 Å². The van der Waals surface area contributed by atoms with Crippen LogP contribution in [-0.4, -0.2) is 59.0 Å². The fraction of sp³-hybridized carbons (Fsp3) is 0.609. The van der Waals surface area contributed by atoms with Crippen LogP contribution in [0.15, 0.2) is 28.7 Å². The van der Waals surface area contributed by atoms with Gasteiger partial charge < -0.3 is 19.9 Å². The van der Waals surface area contributed by atoms with Crippen molar-refractivity contribution in [1.82, 2.24) is 15.1 Å². The molecule has 2 atom stereocenters. The largest absolute Gasteiger partial charge is 0.444 e. The molecule has 170 valence electrons. The Morgan fingerprint density at radius 2 is 1.90 bits per heavy atom.